The maximum Gasteiger partial charge on any atom is 0.295 e. The van der Waals surface area contributed by atoms with Gasteiger partial charge in [-0.05, 0) is 61.2 Å². The molecule has 1 heterocycles. The summed E-state index contributed by atoms with van der Waals surface area (Å²) in [5.74, 6) is 0.0653. The van der Waals surface area contributed by atoms with Crippen LogP contribution >= 0.6 is 0 Å². The molecule has 1 unspecified atom stereocenters. The Hall–Kier alpha value is -3.72. The number of Topliss-reactive ketones (excluding diaryl/α,β-unsaturated/α-hetero) is 1. The van der Waals surface area contributed by atoms with E-state index >= 15 is 0 Å². The molecule has 1 saturated heterocycles. The fourth-order valence-electron chi connectivity index (χ4n) is 4.59. The summed E-state index contributed by atoms with van der Waals surface area (Å²) in [5, 5.41) is 11.5. The minimum atomic E-state index is -0.913. The van der Waals surface area contributed by atoms with Gasteiger partial charge in [0.25, 0.3) is 11.7 Å². The van der Waals surface area contributed by atoms with Crippen LogP contribution in [0.4, 0.5) is 0 Å². The number of aliphatic hydroxyl groups excluding tert-OH is 1. The zero-order valence-corrected chi connectivity index (χ0v) is 23.3. The van der Waals surface area contributed by atoms with E-state index in [4.69, 9.17) is 23.7 Å². The summed E-state index contributed by atoms with van der Waals surface area (Å²) in [7, 11) is 6.04. The van der Waals surface area contributed by atoms with E-state index in [2.05, 4.69) is 0 Å². The number of methoxy groups -OCH3 is 4. The van der Waals surface area contributed by atoms with E-state index in [0.717, 1.165) is 5.56 Å². The van der Waals surface area contributed by atoms with Gasteiger partial charge in [0.15, 0.2) is 11.5 Å². The second kappa shape index (κ2) is 12.2. The number of likely N-dealkylation sites (tertiary alicyclic amines) is 1. The van der Waals surface area contributed by atoms with Gasteiger partial charge in [0.1, 0.15) is 11.5 Å². The first-order valence-corrected chi connectivity index (χ1v) is 12.5. The van der Waals surface area contributed by atoms with Crippen molar-refractivity contribution in [2.75, 3.05) is 41.6 Å². The van der Waals surface area contributed by atoms with E-state index in [1.807, 2.05) is 27.7 Å². The smallest absolute Gasteiger partial charge is 0.295 e. The Morgan fingerprint density at radius 2 is 1.50 bits per heavy atom. The Balaban J connectivity index is 2.26. The van der Waals surface area contributed by atoms with Gasteiger partial charge < -0.3 is 33.7 Å². The number of rotatable bonds is 11. The number of aliphatic hydroxyl groups is 1. The lowest BCUT2D eigenvalue weighted by Gasteiger charge is -2.27. The summed E-state index contributed by atoms with van der Waals surface area (Å²) < 4.78 is 27.6. The Bertz CT molecular complexity index is 1190. The summed E-state index contributed by atoms with van der Waals surface area (Å²) in [6.45, 7) is 8.14. The van der Waals surface area contributed by atoms with Crippen molar-refractivity contribution < 1.29 is 38.4 Å². The Labute approximate surface area is 223 Å². The quantitative estimate of drug-likeness (QED) is 0.255. The third-order valence-electron chi connectivity index (χ3n) is 6.45. The van der Waals surface area contributed by atoms with E-state index in [1.54, 1.807) is 37.4 Å². The van der Waals surface area contributed by atoms with Crippen LogP contribution in [0.5, 0.6) is 23.0 Å². The minimum Gasteiger partial charge on any atom is -0.507 e. The third kappa shape index (κ3) is 5.57. The highest BCUT2D eigenvalue weighted by molar-refractivity contribution is 6.46. The molecule has 1 N–H and O–H groups in total. The van der Waals surface area contributed by atoms with Crippen molar-refractivity contribution in [3.05, 3.63) is 52.6 Å². The summed E-state index contributed by atoms with van der Waals surface area (Å²) in [4.78, 5) is 28.1. The predicted molar refractivity (Wildman–Crippen MR) is 143 cm³/mol. The molecule has 1 aliphatic heterocycles. The van der Waals surface area contributed by atoms with Crippen molar-refractivity contribution in [1.29, 1.82) is 0 Å². The second-order valence-corrected chi connectivity index (χ2v) is 9.48. The lowest BCUT2D eigenvalue weighted by Crippen LogP contribution is -2.33. The number of hydrogen-bond donors (Lipinski definition) is 1. The molecular formula is C29H37NO8. The molecular weight excluding hydrogens is 490 g/mol. The molecule has 0 radical (unpaired) electrons. The van der Waals surface area contributed by atoms with Gasteiger partial charge in [-0.25, -0.2) is 0 Å². The number of amides is 1. The molecule has 3 rings (SSSR count). The maximum absolute atomic E-state index is 13.4. The van der Waals surface area contributed by atoms with Gasteiger partial charge in [-0.1, -0.05) is 13.8 Å². The number of ether oxygens (including phenoxy) is 5. The lowest BCUT2D eigenvalue weighted by molar-refractivity contribution is -0.140. The predicted octanol–water partition coefficient (Wildman–Crippen LogP) is 4.69. The Morgan fingerprint density at radius 1 is 0.895 bits per heavy atom. The van der Waals surface area contributed by atoms with Gasteiger partial charge in [0.05, 0.1) is 52.8 Å². The number of benzene rings is 2. The highest BCUT2D eigenvalue weighted by atomic mass is 16.5. The maximum atomic E-state index is 13.4. The SMILES string of the molecule is COc1ccc(/C(O)=C2\C(=O)C(=O)N(CCOC(C)C)C2c2cc(OC)c(OC)c(OC)c2)cc1C(C)C. The Morgan fingerprint density at radius 3 is 2.00 bits per heavy atom. The van der Waals surface area contributed by atoms with Gasteiger partial charge in [-0.3, -0.25) is 9.59 Å². The monoisotopic (exact) mass is 527 g/mol. The van der Waals surface area contributed by atoms with Crippen molar-refractivity contribution in [2.24, 2.45) is 0 Å². The standard InChI is InChI=1S/C29H37NO8/c1-16(2)20-13-18(9-10-21(20)34-5)26(31)24-25(30(29(33)27(24)32)11-12-38-17(3)4)19-14-22(35-6)28(37-8)23(15-19)36-7/h9-10,13-17,25,31H,11-12H2,1-8H3/b26-24+. The third-order valence-corrected chi connectivity index (χ3v) is 6.45. The number of ketones is 1. The Kier molecular flexibility index (Phi) is 9.27. The van der Waals surface area contributed by atoms with Crippen LogP contribution in [0.2, 0.25) is 0 Å². The molecule has 1 aliphatic rings. The molecule has 1 fully saturated rings. The average molecular weight is 528 g/mol. The number of carbonyl (C=O) groups excluding carboxylic acids is 2. The molecule has 0 aromatic heterocycles. The molecule has 0 spiro atoms. The normalized spacial score (nSPS) is 16.9. The van der Waals surface area contributed by atoms with E-state index in [-0.39, 0.29) is 36.5 Å². The molecule has 2 aromatic rings. The first-order valence-electron chi connectivity index (χ1n) is 12.5. The fraction of sp³-hybridized carbons (Fsp3) is 0.448. The highest BCUT2D eigenvalue weighted by Gasteiger charge is 2.46. The zero-order valence-electron chi connectivity index (χ0n) is 23.3. The fourth-order valence-corrected chi connectivity index (χ4v) is 4.59. The van der Waals surface area contributed by atoms with Gasteiger partial charge in [0.2, 0.25) is 5.75 Å². The van der Waals surface area contributed by atoms with Gasteiger partial charge in [-0.15, -0.1) is 0 Å². The summed E-state index contributed by atoms with van der Waals surface area (Å²) in [6, 6.07) is 7.63. The van der Waals surface area contributed by atoms with Crippen LogP contribution < -0.4 is 18.9 Å². The molecule has 38 heavy (non-hydrogen) atoms. The van der Waals surface area contributed by atoms with Crippen molar-refractivity contribution >= 4 is 17.4 Å². The molecule has 1 amide bonds. The second-order valence-electron chi connectivity index (χ2n) is 9.48. The molecule has 0 aliphatic carbocycles. The van der Waals surface area contributed by atoms with Crippen molar-refractivity contribution in [1.82, 2.24) is 4.90 Å². The van der Waals surface area contributed by atoms with Crippen molar-refractivity contribution in [2.45, 2.75) is 45.8 Å². The number of carbonyl (C=O) groups is 2. The molecule has 1 atom stereocenters. The van der Waals surface area contributed by atoms with Crippen LogP contribution in [0, 0.1) is 0 Å². The first-order chi connectivity index (χ1) is 18.1. The molecule has 0 bridgehead atoms. The summed E-state index contributed by atoms with van der Waals surface area (Å²) in [5.41, 5.74) is 1.75. The van der Waals surface area contributed by atoms with Gasteiger partial charge in [-0.2, -0.15) is 0 Å². The van der Waals surface area contributed by atoms with E-state index in [9.17, 15) is 14.7 Å². The van der Waals surface area contributed by atoms with Crippen molar-refractivity contribution in [3.63, 3.8) is 0 Å². The van der Waals surface area contributed by atoms with Crippen LogP contribution in [0.15, 0.2) is 35.9 Å². The average Bonchev–Trinajstić information content (AvgIpc) is 3.16. The topological polar surface area (TPSA) is 104 Å². The molecule has 9 nitrogen and oxygen atoms in total. The van der Waals surface area contributed by atoms with Crippen molar-refractivity contribution in [3.8, 4) is 23.0 Å². The number of hydrogen-bond acceptors (Lipinski definition) is 8. The molecule has 2 aromatic carbocycles. The van der Waals surface area contributed by atoms with Crippen LogP contribution in [-0.2, 0) is 14.3 Å². The molecule has 206 valence electrons. The van der Waals surface area contributed by atoms with Gasteiger partial charge in [0, 0.05) is 12.1 Å². The molecule has 9 heteroatoms. The van der Waals surface area contributed by atoms with Crippen LogP contribution in [0.3, 0.4) is 0 Å². The number of nitrogens with zero attached hydrogens (tertiary/aromatic N) is 1. The summed E-state index contributed by atoms with van der Waals surface area (Å²) >= 11 is 0. The van der Waals surface area contributed by atoms with E-state index in [0.29, 0.717) is 34.1 Å². The van der Waals surface area contributed by atoms with E-state index < -0.39 is 17.7 Å². The zero-order chi connectivity index (χ0) is 28.1. The lowest BCUT2D eigenvalue weighted by atomic mass is 9.92. The van der Waals surface area contributed by atoms with Crippen LogP contribution in [-0.4, -0.2) is 69.4 Å². The van der Waals surface area contributed by atoms with Gasteiger partial charge >= 0.3 is 0 Å². The van der Waals surface area contributed by atoms with Crippen LogP contribution in [0.1, 0.15) is 56.3 Å². The summed E-state index contributed by atoms with van der Waals surface area (Å²) in [6.07, 6.45) is -0.0554. The first kappa shape index (κ1) is 28.8. The highest BCUT2D eigenvalue weighted by Crippen LogP contribution is 2.46. The largest absolute Gasteiger partial charge is 0.507 e. The minimum absolute atomic E-state index is 0.0336. The molecule has 0 saturated carbocycles. The van der Waals surface area contributed by atoms with E-state index in [1.165, 1.54) is 26.2 Å². The van der Waals surface area contributed by atoms with Crippen LogP contribution in [0.25, 0.3) is 5.76 Å².